The first-order valence-corrected chi connectivity index (χ1v) is 11.7. The van der Waals surface area contributed by atoms with Crippen LogP contribution >= 0.6 is 11.3 Å². The quantitative estimate of drug-likeness (QED) is 0.384. The van der Waals surface area contributed by atoms with Gasteiger partial charge in [0.15, 0.2) is 5.13 Å². The number of ether oxygens (including phenoxy) is 2. The monoisotopic (exact) mass is 465 g/mol. The van der Waals surface area contributed by atoms with Gasteiger partial charge in [-0.1, -0.05) is 32.1 Å². The second-order valence-electron chi connectivity index (χ2n) is 8.05. The topological polar surface area (TPSA) is 63.7 Å². The second-order valence-corrected chi connectivity index (χ2v) is 8.89. The molecule has 0 unspecified atom stereocenters. The van der Waals surface area contributed by atoms with Crippen LogP contribution in [-0.4, -0.2) is 38.2 Å². The van der Waals surface area contributed by atoms with Crippen molar-refractivity contribution in [1.29, 1.82) is 0 Å². The molecule has 0 aliphatic heterocycles. The lowest BCUT2D eigenvalue weighted by atomic mass is 10.1. The van der Waals surface area contributed by atoms with Crippen LogP contribution in [0.3, 0.4) is 0 Å². The highest BCUT2D eigenvalue weighted by Gasteiger charge is 2.16. The third-order valence-corrected chi connectivity index (χ3v) is 5.96. The summed E-state index contributed by atoms with van der Waals surface area (Å²) >= 11 is 1.57. The zero-order valence-corrected chi connectivity index (χ0v) is 20.4. The van der Waals surface area contributed by atoms with Crippen LogP contribution in [-0.2, 0) is 6.54 Å². The van der Waals surface area contributed by atoms with E-state index in [2.05, 4.69) is 30.6 Å². The van der Waals surface area contributed by atoms with Gasteiger partial charge in [-0.15, -0.1) is 17.9 Å². The summed E-state index contributed by atoms with van der Waals surface area (Å²) in [5, 5.41) is 5.85. The number of thiazole rings is 1. The minimum absolute atomic E-state index is 0.0463. The number of nitrogens with one attached hydrogen (secondary N) is 1. The average Bonchev–Trinajstić information content (AvgIpc) is 3.32. The number of hydrogen-bond donors (Lipinski definition) is 1. The Labute approximate surface area is 199 Å². The van der Waals surface area contributed by atoms with E-state index in [0.29, 0.717) is 31.1 Å². The molecule has 7 heteroatoms. The third-order valence-electron chi connectivity index (χ3n) is 5.06. The molecule has 3 aromatic rings. The van der Waals surface area contributed by atoms with Crippen molar-refractivity contribution in [3.8, 4) is 22.8 Å². The Hall–Kier alpha value is -3.32. The lowest BCUT2D eigenvalue weighted by Crippen LogP contribution is -2.27. The van der Waals surface area contributed by atoms with Crippen molar-refractivity contribution in [1.82, 2.24) is 10.3 Å². The van der Waals surface area contributed by atoms with Gasteiger partial charge in [0, 0.05) is 36.1 Å². The van der Waals surface area contributed by atoms with Gasteiger partial charge in [0.1, 0.15) is 11.5 Å². The number of amides is 1. The van der Waals surface area contributed by atoms with E-state index in [0.717, 1.165) is 33.5 Å². The van der Waals surface area contributed by atoms with Crippen molar-refractivity contribution < 1.29 is 14.3 Å². The number of nitrogens with zero attached hydrogens (tertiary/aromatic N) is 2. The number of methoxy groups -OCH3 is 2. The predicted molar refractivity (Wildman–Crippen MR) is 136 cm³/mol. The van der Waals surface area contributed by atoms with Crippen molar-refractivity contribution in [2.75, 3.05) is 32.2 Å². The van der Waals surface area contributed by atoms with Gasteiger partial charge in [-0.25, -0.2) is 4.98 Å². The van der Waals surface area contributed by atoms with Crippen LogP contribution < -0.4 is 19.7 Å². The molecule has 0 saturated carbocycles. The molecule has 0 saturated heterocycles. The molecular formula is C26H31N3O3S. The van der Waals surface area contributed by atoms with E-state index in [1.807, 2.05) is 53.9 Å². The van der Waals surface area contributed by atoms with Crippen LogP contribution in [0.1, 0.15) is 29.8 Å². The maximum absolute atomic E-state index is 12.3. The molecule has 33 heavy (non-hydrogen) atoms. The smallest absolute Gasteiger partial charge is 0.251 e. The standard InChI is InChI=1S/C26H31N3O3S/c1-6-13-29(16-19-7-9-20(10-8-19)25(30)27-15-18(2)3)26-28-23(17-33-26)22-14-21(31-4)11-12-24(22)32-5/h6-12,14,17-18H,1,13,15-16H2,2-5H3,(H,27,30). The van der Waals surface area contributed by atoms with E-state index in [9.17, 15) is 4.79 Å². The number of aromatic nitrogens is 1. The molecule has 0 atom stereocenters. The number of benzene rings is 2. The van der Waals surface area contributed by atoms with Crippen molar-refractivity contribution in [3.63, 3.8) is 0 Å². The average molecular weight is 466 g/mol. The van der Waals surface area contributed by atoms with E-state index in [-0.39, 0.29) is 5.91 Å². The molecule has 1 aromatic heterocycles. The number of hydrogen-bond acceptors (Lipinski definition) is 6. The highest BCUT2D eigenvalue weighted by atomic mass is 32.1. The van der Waals surface area contributed by atoms with Crippen molar-refractivity contribution in [3.05, 3.63) is 71.6 Å². The molecule has 0 bridgehead atoms. The zero-order chi connectivity index (χ0) is 23.8. The molecule has 1 heterocycles. The third kappa shape index (κ3) is 6.35. The first-order valence-electron chi connectivity index (χ1n) is 10.9. The number of carbonyl (C=O) groups excluding carboxylic acids is 1. The summed E-state index contributed by atoms with van der Waals surface area (Å²) in [7, 11) is 3.29. The summed E-state index contributed by atoms with van der Waals surface area (Å²) in [4.78, 5) is 19.3. The SMILES string of the molecule is C=CCN(Cc1ccc(C(=O)NCC(C)C)cc1)c1nc(-c2cc(OC)ccc2OC)cs1. The maximum atomic E-state index is 12.3. The molecule has 0 aliphatic carbocycles. The van der Waals surface area contributed by atoms with E-state index in [1.54, 1.807) is 25.6 Å². The first-order chi connectivity index (χ1) is 15.9. The molecule has 0 radical (unpaired) electrons. The fourth-order valence-corrected chi connectivity index (χ4v) is 4.13. The van der Waals surface area contributed by atoms with Gasteiger partial charge in [0.25, 0.3) is 5.91 Å². The minimum Gasteiger partial charge on any atom is -0.497 e. The van der Waals surface area contributed by atoms with Crippen molar-refractivity contribution >= 4 is 22.4 Å². The Morgan fingerprint density at radius 1 is 1.18 bits per heavy atom. The minimum atomic E-state index is -0.0463. The highest BCUT2D eigenvalue weighted by molar-refractivity contribution is 7.14. The Morgan fingerprint density at radius 3 is 2.58 bits per heavy atom. The van der Waals surface area contributed by atoms with Gasteiger partial charge in [-0.2, -0.15) is 0 Å². The van der Waals surface area contributed by atoms with Crippen LogP contribution in [0, 0.1) is 5.92 Å². The Morgan fingerprint density at radius 2 is 1.94 bits per heavy atom. The molecule has 1 N–H and O–H groups in total. The summed E-state index contributed by atoms with van der Waals surface area (Å²) in [6.07, 6.45) is 1.86. The van der Waals surface area contributed by atoms with Crippen LogP contribution in [0.2, 0.25) is 0 Å². The lowest BCUT2D eigenvalue weighted by Gasteiger charge is -2.20. The van der Waals surface area contributed by atoms with E-state index >= 15 is 0 Å². The van der Waals surface area contributed by atoms with Gasteiger partial charge < -0.3 is 19.7 Å². The largest absolute Gasteiger partial charge is 0.497 e. The zero-order valence-electron chi connectivity index (χ0n) is 19.6. The number of carbonyl (C=O) groups is 1. The fraction of sp³-hybridized carbons (Fsp3) is 0.308. The molecule has 0 fully saturated rings. The van der Waals surface area contributed by atoms with Gasteiger partial charge >= 0.3 is 0 Å². The summed E-state index contributed by atoms with van der Waals surface area (Å²) in [6, 6.07) is 13.4. The van der Waals surface area contributed by atoms with Crippen molar-refractivity contribution in [2.45, 2.75) is 20.4 Å². The summed E-state index contributed by atoms with van der Waals surface area (Å²) in [5.74, 6) is 1.87. The second kappa shape index (κ2) is 11.5. The predicted octanol–water partition coefficient (Wildman–Crippen LogP) is 5.41. The van der Waals surface area contributed by atoms with Gasteiger partial charge in [-0.05, 0) is 41.8 Å². The van der Waals surface area contributed by atoms with Crippen LogP contribution in [0.25, 0.3) is 11.3 Å². The van der Waals surface area contributed by atoms with Crippen LogP contribution in [0.4, 0.5) is 5.13 Å². The van der Waals surface area contributed by atoms with Gasteiger partial charge in [0.05, 0.1) is 19.9 Å². The maximum Gasteiger partial charge on any atom is 0.251 e. The Balaban J connectivity index is 1.77. The van der Waals surface area contributed by atoms with Gasteiger partial charge in [0.2, 0.25) is 0 Å². The molecule has 3 rings (SSSR count). The summed E-state index contributed by atoms with van der Waals surface area (Å²) in [5.41, 5.74) is 3.47. The fourth-order valence-electron chi connectivity index (χ4n) is 3.29. The van der Waals surface area contributed by atoms with E-state index in [1.165, 1.54) is 0 Å². The van der Waals surface area contributed by atoms with Gasteiger partial charge in [-0.3, -0.25) is 4.79 Å². The Kier molecular flexibility index (Phi) is 8.49. The summed E-state index contributed by atoms with van der Waals surface area (Å²) in [6.45, 7) is 10.0. The molecule has 0 aliphatic rings. The first kappa shape index (κ1) is 24.3. The number of anilines is 1. The van der Waals surface area contributed by atoms with Crippen LogP contribution in [0.5, 0.6) is 11.5 Å². The summed E-state index contributed by atoms with van der Waals surface area (Å²) < 4.78 is 10.9. The molecular weight excluding hydrogens is 434 g/mol. The van der Waals surface area contributed by atoms with E-state index in [4.69, 9.17) is 14.5 Å². The molecule has 0 spiro atoms. The molecule has 6 nitrogen and oxygen atoms in total. The van der Waals surface area contributed by atoms with E-state index < -0.39 is 0 Å². The van der Waals surface area contributed by atoms with Crippen molar-refractivity contribution in [2.24, 2.45) is 5.92 Å². The number of rotatable bonds is 11. The Bertz CT molecular complexity index is 1080. The highest BCUT2D eigenvalue weighted by Crippen LogP contribution is 2.36. The lowest BCUT2D eigenvalue weighted by molar-refractivity contribution is 0.0949. The molecule has 2 aromatic carbocycles. The molecule has 1 amide bonds. The molecule has 174 valence electrons. The normalized spacial score (nSPS) is 10.7. The van der Waals surface area contributed by atoms with Crippen LogP contribution in [0.15, 0.2) is 60.5 Å².